The molecule has 0 saturated heterocycles. The van der Waals surface area contributed by atoms with Gasteiger partial charge in [-0.2, -0.15) is 8.75 Å². The predicted octanol–water partition coefficient (Wildman–Crippen LogP) is 3.60. The summed E-state index contributed by atoms with van der Waals surface area (Å²) in [6, 6.07) is 1.56. The van der Waals surface area contributed by atoms with Crippen molar-refractivity contribution in [1.82, 2.24) is 8.75 Å². The van der Waals surface area contributed by atoms with Crippen molar-refractivity contribution in [2.45, 2.75) is 37.6 Å². The Morgan fingerprint density at radius 3 is 2.57 bits per heavy atom. The summed E-state index contributed by atoms with van der Waals surface area (Å²) < 4.78 is 8.28. The fourth-order valence-electron chi connectivity index (χ4n) is 2.64. The number of anilines is 1. The fraction of sp³-hybridized carbons (Fsp3) is 0.462. The van der Waals surface area contributed by atoms with Gasteiger partial charge in [0.1, 0.15) is 11.0 Å². The number of hydrogen-bond acceptors (Lipinski definition) is 5. The largest absolute Gasteiger partial charge is 0.321 e. The first-order valence-electron chi connectivity index (χ1n) is 6.72. The number of rotatable bonds is 2. The zero-order valence-electron chi connectivity index (χ0n) is 11.2. The maximum Gasteiger partial charge on any atom is 0.244 e. The van der Waals surface area contributed by atoms with Crippen molar-refractivity contribution in [3.05, 3.63) is 16.1 Å². The molecule has 0 aliphatic heterocycles. The number of fused-ring (bicyclic) bond motifs is 1. The van der Waals surface area contributed by atoms with Gasteiger partial charge in [0, 0.05) is 0 Å². The van der Waals surface area contributed by atoms with Crippen molar-refractivity contribution in [1.29, 1.82) is 0 Å². The first kappa shape index (κ1) is 15.0. The molecule has 3 rings (SSSR count). The van der Waals surface area contributed by atoms with Gasteiger partial charge >= 0.3 is 0 Å². The number of nitrogens with two attached hydrogens (primary N) is 1. The standard InChI is InChI=1S/C13H14Cl2N4OS/c14-7-6-8(15)10-11(19-21-18-10)9(7)17-12(20)13(16)4-2-1-3-5-13/h6H,1-5,16H2,(H,17,20). The third-order valence-corrected chi connectivity index (χ3v) is 5.00. The lowest BCUT2D eigenvalue weighted by Gasteiger charge is -2.31. The highest BCUT2D eigenvalue weighted by molar-refractivity contribution is 7.00. The van der Waals surface area contributed by atoms with Crippen molar-refractivity contribution >= 4 is 57.6 Å². The summed E-state index contributed by atoms with van der Waals surface area (Å²) in [5.41, 5.74) is 6.88. The lowest BCUT2D eigenvalue weighted by atomic mass is 9.82. The molecular weight excluding hydrogens is 331 g/mol. The van der Waals surface area contributed by atoms with Gasteiger partial charge in [-0.1, -0.05) is 42.5 Å². The van der Waals surface area contributed by atoms with Crippen LogP contribution in [0.25, 0.3) is 11.0 Å². The van der Waals surface area contributed by atoms with E-state index in [1.807, 2.05) is 0 Å². The molecule has 0 bridgehead atoms. The van der Waals surface area contributed by atoms with Crippen LogP contribution in [0, 0.1) is 0 Å². The monoisotopic (exact) mass is 344 g/mol. The Hall–Kier alpha value is -0.950. The third-order valence-electron chi connectivity index (χ3n) is 3.88. The molecule has 0 unspecified atom stereocenters. The number of hydrogen-bond donors (Lipinski definition) is 2. The van der Waals surface area contributed by atoms with E-state index in [2.05, 4.69) is 14.1 Å². The minimum Gasteiger partial charge on any atom is -0.321 e. The molecule has 2 aromatic rings. The van der Waals surface area contributed by atoms with Crippen LogP contribution in [0.5, 0.6) is 0 Å². The van der Waals surface area contributed by atoms with Gasteiger partial charge in [0.25, 0.3) is 0 Å². The normalized spacial score (nSPS) is 17.9. The molecular formula is C13H14Cl2N4OS. The Kier molecular flexibility index (Phi) is 4.05. The SMILES string of the molecule is NC1(C(=O)Nc2c(Cl)cc(Cl)c3nsnc23)CCCCC1. The van der Waals surface area contributed by atoms with Crippen LogP contribution in [0.4, 0.5) is 5.69 Å². The van der Waals surface area contributed by atoms with Gasteiger partial charge in [0.15, 0.2) is 0 Å². The van der Waals surface area contributed by atoms with Gasteiger partial charge in [0.05, 0.1) is 33.0 Å². The third kappa shape index (κ3) is 2.73. The summed E-state index contributed by atoms with van der Waals surface area (Å²) in [7, 11) is 0. The Morgan fingerprint density at radius 1 is 1.19 bits per heavy atom. The molecule has 112 valence electrons. The molecule has 1 fully saturated rings. The summed E-state index contributed by atoms with van der Waals surface area (Å²) >= 11 is 13.3. The number of carbonyl (C=O) groups is 1. The van der Waals surface area contributed by atoms with E-state index in [-0.39, 0.29) is 5.91 Å². The van der Waals surface area contributed by atoms with E-state index >= 15 is 0 Å². The molecule has 1 heterocycles. The number of nitrogens with zero attached hydrogens (tertiary/aromatic N) is 2. The molecule has 0 radical (unpaired) electrons. The van der Waals surface area contributed by atoms with Crippen molar-refractivity contribution < 1.29 is 4.79 Å². The number of nitrogens with one attached hydrogen (secondary N) is 1. The molecule has 1 aliphatic rings. The number of carbonyl (C=O) groups excluding carboxylic acids is 1. The molecule has 3 N–H and O–H groups in total. The van der Waals surface area contributed by atoms with Crippen LogP contribution in [-0.2, 0) is 4.79 Å². The zero-order chi connectivity index (χ0) is 15.0. The van der Waals surface area contributed by atoms with Gasteiger partial charge < -0.3 is 11.1 Å². The van der Waals surface area contributed by atoms with E-state index < -0.39 is 5.54 Å². The van der Waals surface area contributed by atoms with Crippen molar-refractivity contribution in [3.8, 4) is 0 Å². The van der Waals surface area contributed by atoms with Gasteiger partial charge in [-0.3, -0.25) is 4.79 Å². The topological polar surface area (TPSA) is 80.9 Å². The quantitative estimate of drug-likeness (QED) is 0.871. The average Bonchev–Trinajstić information content (AvgIpc) is 2.93. The highest BCUT2D eigenvalue weighted by Gasteiger charge is 2.36. The summed E-state index contributed by atoms with van der Waals surface area (Å²) in [5.74, 6) is -0.222. The number of benzene rings is 1. The highest BCUT2D eigenvalue weighted by Crippen LogP contribution is 2.36. The van der Waals surface area contributed by atoms with E-state index in [1.54, 1.807) is 6.07 Å². The molecule has 8 heteroatoms. The second-order valence-electron chi connectivity index (χ2n) is 5.35. The summed E-state index contributed by atoms with van der Waals surface area (Å²) in [5, 5.41) is 3.59. The first-order valence-corrected chi connectivity index (χ1v) is 8.20. The molecule has 5 nitrogen and oxygen atoms in total. The van der Waals surface area contributed by atoms with Crippen LogP contribution in [-0.4, -0.2) is 20.2 Å². The lowest BCUT2D eigenvalue weighted by molar-refractivity contribution is -0.122. The van der Waals surface area contributed by atoms with Crippen LogP contribution in [0.2, 0.25) is 10.0 Å². The molecule has 0 spiro atoms. The Labute approximate surface area is 136 Å². The zero-order valence-corrected chi connectivity index (χ0v) is 13.5. The second kappa shape index (κ2) is 5.68. The summed E-state index contributed by atoms with van der Waals surface area (Å²) in [6.45, 7) is 0. The predicted molar refractivity (Wildman–Crippen MR) is 86.1 cm³/mol. The maximum absolute atomic E-state index is 12.5. The van der Waals surface area contributed by atoms with Crippen LogP contribution in [0.1, 0.15) is 32.1 Å². The minimum absolute atomic E-state index is 0.222. The lowest BCUT2D eigenvalue weighted by Crippen LogP contribution is -2.52. The average molecular weight is 345 g/mol. The van der Waals surface area contributed by atoms with E-state index in [0.29, 0.717) is 39.6 Å². The molecule has 1 aromatic heterocycles. The first-order chi connectivity index (χ1) is 10.0. The van der Waals surface area contributed by atoms with Gasteiger partial charge in [-0.05, 0) is 18.9 Å². The van der Waals surface area contributed by atoms with E-state index in [0.717, 1.165) is 31.0 Å². The molecule has 1 aromatic carbocycles. The Morgan fingerprint density at radius 2 is 1.86 bits per heavy atom. The van der Waals surface area contributed by atoms with Crippen LogP contribution in [0.3, 0.4) is 0 Å². The Bertz CT molecular complexity index is 697. The number of aromatic nitrogens is 2. The summed E-state index contributed by atoms with van der Waals surface area (Å²) in [6.07, 6.45) is 4.41. The van der Waals surface area contributed by atoms with Crippen LogP contribution in [0.15, 0.2) is 6.07 Å². The van der Waals surface area contributed by atoms with Crippen LogP contribution >= 0.6 is 34.9 Å². The fourth-order valence-corrected chi connectivity index (χ4v) is 3.80. The van der Waals surface area contributed by atoms with E-state index in [9.17, 15) is 4.79 Å². The number of amides is 1. The number of halogens is 2. The maximum atomic E-state index is 12.5. The molecule has 1 amide bonds. The van der Waals surface area contributed by atoms with Crippen molar-refractivity contribution in [2.24, 2.45) is 5.73 Å². The van der Waals surface area contributed by atoms with Gasteiger partial charge in [0.2, 0.25) is 5.91 Å². The van der Waals surface area contributed by atoms with Crippen molar-refractivity contribution in [3.63, 3.8) is 0 Å². The molecule has 1 aliphatic carbocycles. The van der Waals surface area contributed by atoms with E-state index in [4.69, 9.17) is 28.9 Å². The van der Waals surface area contributed by atoms with Crippen LogP contribution < -0.4 is 11.1 Å². The van der Waals surface area contributed by atoms with Crippen molar-refractivity contribution in [2.75, 3.05) is 5.32 Å². The minimum atomic E-state index is -0.836. The molecule has 0 atom stereocenters. The summed E-state index contributed by atoms with van der Waals surface area (Å²) in [4.78, 5) is 12.5. The van der Waals surface area contributed by atoms with Gasteiger partial charge in [-0.25, -0.2) is 0 Å². The molecule has 1 saturated carbocycles. The smallest absolute Gasteiger partial charge is 0.244 e. The van der Waals surface area contributed by atoms with E-state index in [1.165, 1.54) is 0 Å². The second-order valence-corrected chi connectivity index (χ2v) is 6.69. The Balaban J connectivity index is 1.94. The highest BCUT2D eigenvalue weighted by atomic mass is 35.5. The molecule has 21 heavy (non-hydrogen) atoms. The van der Waals surface area contributed by atoms with Gasteiger partial charge in [-0.15, -0.1) is 0 Å².